The number of hydrogen-bond donors (Lipinski definition) is 1. The smallest absolute Gasteiger partial charge is 0.179 e. The van der Waals surface area contributed by atoms with E-state index in [2.05, 4.69) is 33.5 Å². The summed E-state index contributed by atoms with van der Waals surface area (Å²) in [6, 6.07) is 0. The molecule has 1 aliphatic rings. The number of nitrogens with one attached hydrogen (secondary N) is 1. The van der Waals surface area contributed by atoms with Crippen LogP contribution in [0.4, 0.5) is 0 Å². The largest absolute Gasteiger partial charge is 0.328 e. The molecule has 2 aromatic heterocycles. The van der Waals surface area contributed by atoms with Gasteiger partial charge in [-0.1, -0.05) is 6.92 Å². The number of H-pyrrole nitrogens is 1. The highest BCUT2D eigenvalue weighted by Gasteiger charge is 2.30. The average molecular weight is 293 g/mol. The molecule has 1 saturated heterocycles. The molecule has 6 heteroatoms. The van der Waals surface area contributed by atoms with Gasteiger partial charge in [-0.25, -0.2) is 0 Å². The van der Waals surface area contributed by atoms with Crippen molar-refractivity contribution in [2.75, 3.05) is 20.1 Å². The molecule has 0 bridgehead atoms. The molecule has 0 aromatic carbocycles. The molecular formula is C14H23N5S. The Bertz CT molecular complexity index is 684. The van der Waals surface area contributed by atoms with E-state index in [-0.39, 0.29) is 0 Å². The molecule has 0 aliphatic carbocycles. The molecular weight excluding hydrogens is 270 g/mol. The molecule has 0 atom stereocenters. The van der Waals surface area contributed by atoms with E-state index in [1.54, 1.807) is 0 Å². The van der Waals surface area contributed by atoms with Crippen molar-refractivity contribution < 1.29 is 0 Å². The molecule has 110 valence electrons. The molecule has 2 aromatic rings. The third-order valence-electron chi connectivity index (χ3n) is 4.66. The van der Waals surface area contributed by atoms with Crippen molar-refractivity contribution >= 4 is 23.4 Å². The summed E-state index contributed by atoms with van der Waals surface area (Å²) >= 11 is 5.52. The minimum atomic E-state index is 0.317. The highest BCUT2D eigenvalue weighted by atomic mass is 32.1. The van der Waals surface area contributed by atoms with Gasteiger partial charge in [-0.3, -0.25) is 4.68 Å². The van der Waals surface area contributed by atoms with Crippen molar-refractivity contribution in [1.82, 2.24) is 24.2 Å². The SMILES string of the molecule is Cc1nn(C)c2c1[nH]c(=S)n2CC1(C)CCN(C)CC1. The molecule has 0 saturated carbocycles. The summed E-state index contributed by atoms with van der Waals surface area (Å²) in [6.45, 7) is 7.71. The highest BCUT2D eigenvalue weighted by molar-refractivity contribution is 7.71. The van der Waals surface area contributed by atoms with Crippen molar-refractivity contribution in [3.05, 3.63) is 10.5 Å². The maximum atomic E-state index is 5.52. The Morgan fingerprint density at radius 2 is 1.95 bits per heavy atom. The van der Waals surface area contributed by atoms with Crippen molar-refractivity contribution in [1.29, 1.82) is 0 Å². The van der Waals surface area contributed by atoms with Crippen LogP contribution in [0.2, 0.25) is 0 Å². The van der Waals surface area contributed by atoms with E-state index in [1.807, 2.05) is 18.7 Å². The molecule has 5 nitrogen and oxygen atoms in total. The summed E-state index contributed by atoms with van der Waals surface area (Å²) in [4.78, 5) is 5.72. The van der Waals surface area contributed by atoms with Crippen LogP contribution in [0.3, 0.4) is 0 Å². The molecule has 0 unspecified atom stereocenters. The summed E-state index contributed by atoms with van der Waals surface area (Å²) < 4.78 is 4.99. The topological polar surface area (TPSA) is 41.8 Å². The van der Waals surface area contributed by atoms with E-state index in [9.17, 15) is 0 Å². The second kappa shape index (κ2) is 4.70. The zero-order chi connectivity index (χ0) is 14.5. The summed E-state index contributed by atoms with van der Waals surface area (Å²) in [5.41, 5.74) is 3.53. The molecule has 0 amide bonds. The summed E-state index contributed by atoms with van der Waals surface area (Å²) in [5.74, 6) is 0. The van der Waals surface area contributed by atoms with E-state index >= 15 is 0 Å². The molecule has 1 N–H and O–H groups in total. The first-order valence-corrected chi connectivity index (χ1v) is 7.61. The molecule has 3 rings (SSSR count). The lowest BCUT2D eigenvalue weighted by Crippen LogP contribution is -2.38. The quantitative estimate of drug-likeness (QED) is 0.865. The van der Waals surface area contributed by atoms with Gasteiger partial charge in [-0.2, -0.15) is 5.10 Å². The van der Waals surface area contributed by atoms with Gasteiger partial charge in [-0.05, 0) is 57.5 Å². The Morgan fingerprint density at radius 3 is 2.60 bits per heavy atom. The van der Waals surface area contributed by atoms with Crippen LogP contribution in [0.1, 0.15) is 25.5 Å². The number of piperidine rings is 1. The third-order valence-corrected chi connectivity index (χ3v) is 4.98. The number of nitrogens with zero attached hydrogens (tertiary/aromatic N) is 4. The lowest BCUT2D eigenvalue weighted by Gasteiger charge is -2.38. The van der Waals surface area contributed by atoms with Crippen LogP contribution in [-0.4, -0.2) is 44.4 Å². The standard InChI is InChI=1S/C14H23N5S/c1-10-11-12(18(4)16-10)19(13(20)15-11)9-14(2)5-7-17(3)8-6-14/h5-9H2,1-4H3,(H,15,20). The number of fused-ring (bicyclic) bond motifs is 1. The number of imidazole rings is 1. The van der Waals surface area contributed by atoms with Crippen LogP contribution in [0.25, 0.3) is 11.2 Å². The molecule has 0 spiro atoms. The number of hydrogen-bond acceptors (Lipinski definition) is 3. The third kappa shape index (κ3) is 2.20. The van der Waals surface area contributed by atoms with Gasteiger partial charge in [0.15, 0.2) is 10.4 Å². The van der Waals surface area contributed by atoms with Crippen molar-refractivity contribution in [3.8, 4) is 0 Å². The van der Waals surface area contributed by atoms with E-state index in [1.165, 1.54) is 25.9 Å². The number of aromatic nitrogens is 4. The van der Waals surface area contributed by atoms with E-state index < -0.39 is 0 Å². The second-order valence-corrected chi connectivity index (χ2v) is 6.92. The van der Waals surface area contributed by atoms with Gasteiger partial charge < -0.3 is 14.5 Å². The molecule has 1 fully saturated rings. The van der Waals surface area contributed by atoms with Gasteiger partial charge >= 0.3 is 0 Å². The fourth-order valence-electron chi connectivity index (χ4n) is 3.22. The predicted molar refractivity (Wildman–Crippen MR) is 83.5 cm³/mol. The molecule has 3 heterocycles. The lowest BCUT2D eigenvalue weighted by molar-refractivity contribution is 0.121. The van der Waals surface area contributed by atoms with Crippen molar-refractivity contribution in [3.63, 3.8) is 0 Å². The van der Waals surface area contributed by atoms with Crippen LogP contribution in [-0.2, 0) is 13.6 Å². The Balaban J connectivity index is 1.98. The van der Waals surface area contributed by atoms with Gasteiger partial charge in [0.05, 0.1) is 5.69 Å². The Labute approximate surface area is 124 Å². The monoisotopic (exact) mass is 293 g/mol. The number of aryl methyl sites for hydroxylation is 2. The second-order valence-electron chi connectivity index (χ2n) is 6.54. The Morgan fingerprint density at radius 1 is 1.30 bits per heavy atom. The van der Waals surface area contributed by atoms with E-state index in [4.69, 9.17) is 12.2 Å². The van der Waals surface area contributed by atoms with Gasteiger partial charge in [-0.15, -0.1) is 0 Å². The van der Waals surface area contributed by atoms with Gasteiger partial charge in [0, 0.05) is 13.6 Å². The maximum Gasteiger partial charge on any atom is 0.179 e. The van der Waals surface area contributed by atoms with Gasteiger partial charge in [0.1, 0.15) is 5.52 Å². The molecule has 20 heavy (non-hydrogen) atoms. The first-order valence-electron chi connectivity index (χ1n) is 7.20. The van der Waals surface area contributed by atoms with E-state index in [0.29, 0.717) is 5.41 Å². The first kappa shape index (κ1) is 13.8. The van der Waals surface area contributed by atoms with Crippen LogP contribution >= 0.6 is 12.2 Å². The Hall–Kier alpha value is -1.14. The number of aromatic amines is 1. The molecule has 0 radical (unpaired) electrons. The normalized spacial score (nSPS) is 19.8. The maximum absolute atomic E-state index is 5.52. The average Bonchev–Trinajstić information content (AvgIpc) is 2.84. The minimum absolute atomic E-state index is 0.317. The fourth-order valence-corrected chi connectivity index (χ4v) is 3.47. The Kier molecular flexibility index (Phi) is 3.25. The predicted octanol–water partition coefficient (Wildman–Crippen LogP) is 2.47. The zero-order valence-corrected chi connectivity index (χ0v) is 13.5. The molecule has 1 aliphatic heterocycles. The van der Waals surface area contributed by atoms with Gasteiger partial charge in [0.25, 0.3) is 0 Å². The van der Waals surface area contributed by atoms with Crippen molar-refractivity contribution in [2.45, 2.75) is 33.2 Å². The van der Waals surface area contributed by atoms with E-state index in [0.717, 1.165) is 28.2 Å². The zero-order valence-electron chi connectivity index (χ0n) is 12.7. The fraction of sp³-hybridized carbons (Fsp3) is 0.714. The van der Waals surface area contributed by atoms with Crippen LogP contribution in [0.15, 0.2) is 0 Å². The summed E-state index contributed by atoms with van der Waals surface area (Å²) in [7, 11) is 4.19. The van der Waals surface area contributed by atoms with Crippen molar-refractivity contribution in [2.24, 2.45) is 12.5 Å². The minimum Gasteiger partial charge on any atom is -0.328 e. The number of rotatable bonds is 2. The summed E-state index contributed by atoms with van der Waals surface area (Å²) in [5, 5.41) is 4.49. The van der Waals surface area contributed by atoms with Crippen LogP contribution in [0, 0.1) is 17.1 Å². The first-order chi connectivity index (χ1) is 9.39. The lowest BCUT2D eigenvalue weighted by atomic mass is 9.80. The van der Waals surface area contributed by atoms with Gasteiger partial charge in [0.2, 0.25) is 0 Å². The highest BCUT2D eigenvalue weighted by Crippen LogP contribution is 2.33. The van der Waals surface area contributed by atoms with Crippen LogP contribution < -0.4 is 0 Å². The van der Waals surface area contributed by atoms with Crippen LogP contribution in [0.5, 0.6) is 0 Å². The summed E-state index contributed by atoms with van der Waals surface area (Å²) in [6.07, 6.45) is 2.43. The number of likely N-dealkylation sites (tertiary alicyclic amines) is 1.